The van der Waals surface area contributed by atoms with Crippen LogP contribution in [-0.4, -0.2) is 34.5 Å². The van der Waals surface area contributed by atoms with Crippen LogP contribution in [0.4, 0.5) is 9.18 Å². The summed E-state index contributed by atoms with van der Waals surface area (Å²) < 4.78 is 19.9. The lowest BCUT2D eigenvalue weighted by molar-refractivity contribution is 0.00250. The smallest absolute Gasteiger partial charge is 0.410 e. The fourth-order valence-electron chi connectivity index (χ4n) is 4.18. The second-order valence-corrected chi connectivity index (χ2v) is 8.45. The minimum atomic E-state index is -0.574. The van der Waals surface area contributed by atoms with Crippen molar-refractivity contribution in [3.05, 3.63) is 35.1 Å². The highest BCUT2D eigenvalue weighted by Gasteiger charge is 2.46. The van der Waals surface area contributed by atoms with Gasteiger partial charge in [0, 0.05) is 18.0 Å². The number of nitrogens with zero attached hydrogens (tertiary/aromatic N) is 2. The van der Waals surface area contributed by atoms with Gasteiger partial charge in [0.2, 0.25) is 0 Å². The molecule has 3 rings (SSSR count). The van der Waals surface area contributed by atoms with E-state index in [0.717, 1.165) is 12.8 Å². The predicted octanol–water partition coefficient (Wildman–Crippen LogP) is 4.25. The van der Waals surface area contributed by atoms with Gasteiger partial charge in [0.15, 0.2) is 5.78 Å². The number of hydrogen-bond donors (Lipinski definition) is 0. The van der Waals surface area contributed by atoms with Crippen molar-refractivity contribution in [1.82, 2.24) is 4.90 Å². The molecule has 2 fully saturated rings. The number of halogens is 1. The minimum absolute atomic E-state index is 0.0338. The molecule has 2 heterocycles. The average Bonchev–Trinajstić information content (AvgIpc) is 2.83. The summed E-state index contributed by atoms with van der Waals surface area (Å²) in [5.74, 6) is -1.08. The Morgan fingerprint density at radius 1 is 1.26 bits per heavy atom. The van der Waals surface area contributed by atoms with Gasteiger partial charge < -0.3 is 9.64 Å². The van der Waals surface area contributed by atoms with Gasteiger partial charge >= 0.3 is 6.09 Å². The van der Waals surface area contributed by atoms with Crippen molar-refractivity contribution in [3.63, 3.8) is 0 Å². The first-order chi connectivity index (χ1) is 12.7. The zero-order valence-corrected chi connectivity index (χ0v) is 16.0. The van der Waals surface area contributed by atoms with Crippen molar-refractivity contribution in [1.29, 1.82) is 5.26 Å². The molecule has 0 spiro atoms. The van der Waals surface area contributed by atoms with Gasteiger partial charge in [0.1, 0.15) is 11.4 Å². The molecule has 0 saturated carbocycles. The Morgan fingerprint density at radius 3 is 2.41 bits per heavy atom. The number of fused-ring (bicyclic) bond motifs is 2. The van der Waals surface area contributed by atoms with E-state index in [9.17, 15) is 14.0 Å². The van der Waals surface area contributed by atoms with Crippen molar-refractivity contribution >= 4 is 11.9 Å². The van der Waals surface area contributed by atoms with E-state index in [0.29, 0.717) is 18.4 Å². The standard InChI is InChI=1S/C21H25FN2O3/c1-21(2,3)27-20(26)24-15-5-6-16(24)12-14(11-15)19(25)17-7-4-13(8-9-23)10-18(17)22/h4,7,10,14-16H,5-6,8,11-12H2,1-3H3. The maximum atomic E-state index is 14.4. The lowest BCUT2D eigenvalue weighted by Gasteiger charge is -2.39. The highest BCUT2D eigenvalue weighted by Crippen LogP contribution is 2.40. The van der Waals surface area contributed by atoms with Gasteiger partial charge in [-0.25, -0.2) is 9.18 Å². The van der Waals surface area contributed by atoms with E-state index in [2.05, 4.69) is 0 Å². The maximum Gasteiger partial charge on any atom is 0.410 e. The van der Waals surface area contributed by atoms with Gasteiger partial charge in [-0.2, -0.15) is 5.26 Å². The summed E-state index contributed by atoms with van der Waals surface area (Å²) in [7, 11) is 0. The zero-order valence-electron chi connectivity index (χ0n) is 16.0. The number of hydrogen-bond acceptors (Lipinski definition) is 4. The molecule has 1 aromatic rings. The molecule has 2 aliphatic heterocycles. The molecule has 144 valence electrons. The van der Waals surface area contributed by atoms with Crippen LogP contribution in [0, 0.1) is 23.1 Å². The number of nitriles is 1. The van der Waals surface area contributed by atoms with Crippen molar-refractivity contribution in [2.45, 2.75) is 70.6 Å². The number of piperidine rings is 1. The molecular weight excluding hydrogens is 347 g/mol. The van der Waals surface area contributed by atoms with Crippen LogP contribution in [0.15, 0.2) is 18.2 Å². The molecule has 0 N–H and O–H groups in total. The van der Waals surface area contributed by atoms with Crippen LogP contribution in [0.1, 0.15) is 62.4 Å². The molecule has 2 bridgehead atoms. The number of carbonyl (C=O) groups is 2. The molecule has 0 aliphatic carbocycles. The Hall–Kier alpha value is -2.42. The minimum Gasteiger partial charge on any atom is -0.444 e. The van der Waals surface area contributed by atoms with E-state index >= 15 is 0 Å². The first-order valence-corrected chi connectivity index (χ1v) is 9.40. The van der Waals surface area contributed by atoms with Gasteiger partial charge in [-0.15, -0.1) is 0 Å². The maximum absolute atomic E-state index is 14.4. The van der Waals surface area contributed by atoms with Crippen molar-refractivity contribution in [3.8, 4) is 6.07 Å². The van der Waals surface area contributed by atoms with E-state index in [-0.39, 0.29) is 41.9 Å². The Balaban J connectivity index is 1.72. The SMILES string of the molecule is CC(C)(C)OC(=O)N1C2CCC1CC(C(=O)c1ccc(CC#N)cc1F)C2. The monoisotopic (exact) mass is 372 g/mol. The fourth-order valence-corrected chi connectivity index (χ4v) is 4.18. The molecule has 5 nitrogen and oxygen atoms in total. The average molecular weight is 372 g/mol. The normalized spacial score (nSPS) is 24.4. The van der Waals surface area contributed by atoms with Crippen LogP contribution < -0.4 is 0 Å². The topological polar surface area (TPSA) is 70.4 Å². The third-order valence-electron chi connectivity index (χ3n) is 5.29. The third kappa shape index (κ3) is 4.13. The number of carbonyl (C=O) groups excluding carboxylic acids is 2. The number of ether oxygens (including phenoxy) is 1. The van der Waals surface area contributed by atoms with E-state index in [1.54, 1.807) is 11.0 Å². The summed E-state index contributed by atoms with van der Waals surface area (Å²) in [6, 6.07) is 6.28. The molecular formula is C21H25FN2O3. The van der Waals surface area contributed by atoms with Crippen LogP contribution in [0.5, 0.6) is 0 Å². The molecule has 6 heteroatoms. The lowest BCUT2D eigenvalue weighted by atomic mass is 9.84. The Kier molecular flexibility index (Phi) is 5.23. The molecule has 2 aliphatic rings. The molecule has 27 heavy (non-hydrogen) atoms. The molecule has 2 atom stereocenters. The second kappa shape index (κ2) is 7.30. The largest absolute Gasteiger partial charge is 0.444 e. The highest BCUT2D eigenvalue weighted by atomic mass is 19.1. The first-order valence-electron chi connectivity index (χ1n) is 9.40. The van der Waals surface area contributed by atoms with Gasteiger partial charge in [-0.1, -0.05) is 6.07 Å². The van der Waals surface area contributed by atoms with Crippen LogP contribution in [-0.2, 0) is 11.2 Å². The van der Waals surface area contributed by atoms with Crippen LogP contribution >= 0.6 is 0 Å². The third-order valence-corrected chi connectivity index (χ3v) is 5.29. The van der Waals surface area contributed by atoms with E-state index in [1.807, 2.05) is 26.8 Å². The summed E-state index contributed by atoms with van der Waals surface area (Å²) in [6.07, 6.45) is 2.55. The van der Waals surface area contributed by atoms with Crippen molar-refractivity contribution in [2.75, 3.05) is 0 Å². The molecule has 0 aromatic heterocycles. The Bertz CT molecular complexity index is 780. The Morgan fingerprint density at radius 2 is 1.89 bits per heavy atom. The van der Waals surface area contributed by atoms with Gasteiger partial charge in [0.05, 0.1) is 18.1 Å². The van der Waals surface area contributed by atoms with Crippen molar-refractivity contribution in [2.24, 2.45) is 5.92 Å². The van der Waals surface area contributed by atoms with Gasteiger partial charge in [-0.05, 0) is 64.2 Å². The molecule has 2 unspecified atom stereocenters. The Labute approximate surface area is 159 Å². The quantitative estimate of drug-likeness (QED) is 0.744. The van der Waals surface area contributed by atoms with Gasteiger partial charge in [-0.3, -0.25) is 4.79 Å². The summed E-state index contributed by atoms with van der Waals surface area (Å²) >= 11 is 0. The van der Waals surface area contributed by atoms with Crippen molar-refractivity contribution < 1.29 is 18.7 Å². The summed E-state index contributed by atoms with van der Waals surface area (Å²) in [4.78, 5) is 27.2. The second-order valence-electron chi connectivity index (χ2n) is 8.45. The fraction of sp³-hybridized carbons (Fsp3) is 0.571. The van der Waals surface area contributed by atoms with E-state index in [4.69, 9.17) is 10.00 Å². The number of rotatable bonds is 3. The number of amides is 1. The summed E-state index contributed by atoms with van der Waals surface area (Å²) in [6.45, 7) is 5.51. The molecule has 0 radical (unpaired) electrons. The number of benzene rings is 1. The lowest BCUT2D eigenvalue weighted by Crippen LogP contribution is -2.49. The molecule has 2 saturated heterocycles. The summed E-state index contributed by atoms with van der Waals surface area (Å²) in [5, 5.41) is 8.72. The summed E-state index contributed by atoms with van der Waals surface area (Å²) in [5.41, 5.74) is 0.0792. The van der Waals surface area contributed by atoms with Gasteiger partial charge in [0.25, 0.3) is 0 Å². The first kappa shape index (κ1) is 19.3. The van der Waals surface area contributed by atoms with Crippen LogP contribution in [0.25, 0.3) is 0 Å². The van der Waals surface area contributed by atoms with E-state index < -0.39 is 11.4 Å². The number of ketones is 1. The number of Topliss-reactive ketones (excluding diaryl/α,β-unsaturated/α-hetero) is 1. The predicted molar refractivity (Wildman–Crippen MR) is 97.7 cm³/mol. The molecule has 1 amide bonds. The van der Waals surface area contributed by atoms with E-state index in [1.165, 1.54) is 12.1 Å². The van der Waals surface area contributed by atoms with Crippen LogP contribution in [0.3, 0.4) is 0 Å². The molecule has 1 aromatic carbocycles. The van der Waals surface area contributed by atoms with Crippen LogP contribution in [0.2, 0.25) is 0 Å². The highest BCUT2D eigenvalue weighted by molar-refractivity contribution is 5.98. The zero-order chi connectivity index (χ0) is 19.8.